The highest BCUT2D eigenvalue weighted by Gasteiger charge is 2.39. The zero-order chi connectivity index (χ0) is 14.1. The summed E-state index contributed by atoms with van der Waals surface area (Å²) < 4.78 is 6.35. The molecule has 1 aliphatic heterocycles. The van der Waals surface area contributed by atoms with Gasteiger partial charge in [0.25, 0.3) is 0 Å². The Morgan fingerprint density at radius 1 is 1.44 bits per heavy atom. The van der Waals surface area contributed by atoms with Gasteiger partial charge >= 0.3 is 0 Å². The minimum absolute atomic E-state index is 0.240. The number of carbonyl (C=O) groups is 1. The van der Waals surface area contributed by atoms with Crippen LogP contribution in [0.3, 0.4) is 0 Å². The van der Waals surface area contributed by atoms with Crippen LogP contribution in [0.4, 0.5) is 0 Å². The van der Waals surface area contributed by atoms with Crippen LogP contribution in [0.15, 0.2) is 0 Å². The average molecular weight is 271 g/mol. The maximum atomic E-state index is 11.5. The molecule has 0 saturated carbocycles. The van der Waals surface area contributed by atoms with Crippen molar-refractivity contribution in [3.63, 3.8) is 0 Å². The van der Waals surface area contributed by atoms with Gasteiger partial charge in [-0.1, -0.05) is 20.8 Å². The maximum Gasteiger partial charge on any atom is 0.222 e. The smallest absolute Gasteiger partial charge is 0.222 e. The quantitative estimate of drug-likeness (QED) is 0.733. The summed E-state index contributed by atoms with van der Waals surface area (Å²) in [6, 6.07) is 0.372. The molecule has 0 N–H and O–H groups in total. The second-order valence-corrected chi connectivity index (χ2v) is 11.9. The van der Waals surface area contributed by atoms with E-state index in [1.165, 1.54) is 0 Å². The molecule has 0 spiro atoms. The molecule has 0 aromatic rings. The van der Waals surface area contributed by atoms with Gasteiger partial charge in [0.2, 0.25) is 5.91 Å². The third-order valence-electron chi connectivity index (χ3n) is 4.54. The Hall–Kier alpha value is -0.353. The molecule has 1 saturated heterocycles. The molecule has 3 nitrogen and oxygen atoms in total. The molecule has 4 heteroatoms. The van der Waals surface area contributed by atoms with Crippen molar-refractivity contribution in [2.45, 2.75) is 77.2 Å². The first-order valence-corrected chi connectivity index (χ1v) is 9.89. The van der Waals surface area contributed by atoms with Gasteiger partial charge in [0.1, 0.15) is 0 Å². The molecular formula is C14H29NO2Si. The maximum absolute atomic E-state index is 11.5. The van der Waals surface area contributed by atoms with Crippen molar-refractivity contribution < 1.29 is 9.22 Å². The molecule has 0 bridgehead atoms. The second-order valence-electron chi connectivity index (χ2n) is 7.12. The van der Waals surface area contributed by atoms with Gasteiger partial charge in [0.05, 0.1) is 0 Å². The second kappa shape index (κ2) is 5.33. The van der Waals surface area contributed by atoms with Crippen molar-refractivity contribution in [3.05, 3.63) is 0 Å². The predicted molar refractivity (Wildman–Crippen MR) is 78.2 cm³/mol. The first-order chi connectivity index (χ1) is 8.04. The molecule has 0 aromatic carbocycles. The Morgan fingerprint density at radius 3 is 2.39 bits per heavy atom. The van der Waals surface area contributed by atoms with Gasteiger partial charge in [-0.05, 0) is 37.9 Å². The molecular weight excluding hydrogens is 242 g/mol. The molecule has 106 valence electrons. The summed E-state index contributed by atoms with van der Waals surface area (Å²) in [5.41, 5.74) is 0. The van der Waals surface area contributed by atoms with Gasteiger partial charge in [-0.15, -0.1) is 0 Å². The average Bonchev–Trinajstić information content (AvgIpc) is 2.47. The fourth-order valence-corrected chi connectivity index (χ4v) is 3.71. The number of likely N-dealkylation sites (tertiary alicyclic amines) is 1. The topological polar surface area (TPSA) is 29.5 Å². The lowest BCUT2D eigenvalue weighted by atomic mass is 10.1. The standard InChI is InChI=1S/C14H29NO2Si/c1-11(17-18(6,7)14(2,3)4)10-12-8-9-13(16)15(12)5/h11-12H,8-10H2,1-7H3/t11-,12+/m0/s1. The number of hydrogen-bond acceptors (Lipinski definition) is 2. The van der Waals surface area contributed by atoms with Crippen molar-refractivity contribution >= 4 is 14.2 Å². The van der Waals surface area contributed by atoms with Crippen LogP contribution < -0.4 is 0 Å². The molecule has 0 aromatic heterocycles. The first kappa shape index (κ1) is 15.7. The van der Waals surface area contributed by atoms with E-state index in [2.05, 4.69) is 40.8 Å². The van der Waals surface area contributed by atoms with Gasteiger partial charge < -0.3 is 9.33 Å². The number of carbonyl (C=O) groups excluding carboxylic acids is 1. The Morgan fingerprint density at radius 2 is 2.00 bits per heavy atom. The van der Waals surface area contributed by atoms with Gasteiger partial charge in [-0.3, -0.25) is 4.79 Å². The van der Waals surface area contributed by atoms with E-state index in [0.29, 0.717) is 12.5 Å². The monoisotopic (exact) mass is 271 g/mol. The van der Waals surface area contributed by atoms with Crippen LogP contribution in [-0.4, -0.2) is 38.3 Å². The minimum atomic E-state index is -1.68. The van der Waals surface area contributed by atoms with Crippen LogP contribution in [0.5, 0.6) is 0 Å². The van der Waals surface area contributed by atoms with Gasteiger partial charge in [0.15, 0.2) is 8.32 Å². The Bertz CT molecular complexity index is 309. The summed E-state index contributed by atoms with van der Waals surface area (Å²) in [6.07, 6.45) is 2.90. The Labute approximate surface area is 113 Å². The van der Waals surface area contributed by atoms with E-state index in [1.54, 1.807) is 0 Å². The highest BCUT2D eigenvalue weighted by Crippen LogP contribution is 2.38. The van der Waals surface area contributed by atoms with Crippen LogP contribution in [0, 0.1) is 0 Å². The van der Waals surface area contributed by atoms with E-state index in [-0.39, 0.29) is 17.0 Å². The van der Waals surface area contributed by atoms with Gasteiger partial charge in [0, 0.05) is 25.6 Å². The zero-order valence-corrected chi connectivity index (χ0v) is 14.0. The first-order valence-electron chi connectivity index (χ1n) is 6.98. The lowest BCUT2D eigenvalue weighted by Gasteiger charge is -2.39. The summed E-state index contributed by atoms with van der Waals surface area (Å²) in [7, 11) is 0.233. The fourth-order valence-electron chi connectivity index (χ4n) is 2.25. The Kier molecular flexibility index (Phi) is 4.65. The number of nitrogens with zero attached hydrogens (tertiary/aromatic N) is 1. The van der Waals surface area contributed by atoms with Crippen LogP contribution in [0.2, 0.25) is 18.1 Å². The summed E-state index contributed by atoms with van der Waals surface area (Å²) in [4.78, 5) is 13.4. The van der Waals surface area contributed by atoms with Crippen molar-refractivity contribution in [3.8, 4) is 0 Å². The SMILES string of the molecule is C[C@@H](C[C@H]1CCC(=O)N1C)O[Si](C)(C)C(C)(C)C. The van der Waals surface area contributed by atoms with Crippen LogP contribution in [-0.2, 0) is 9.22 Å². The highest BCUT2D eigenvalue weighted by atomic mass is 28.4. The van der Waals surface area contributed by atoms with Crippen molar-refractivity contribution in [1.29, 1.82) is 0 Å². The fraction of sp³-hybridized carbons (Fsp3) is 0.929. The molecule has 0 unspecified atom stereocenters. The zero-order valence-electron chi connectivity index (χ0n) is 13.0. The molecule has 1 fully saturated rings. The van der Waals surface area contributed by atoms with E-state index >= 15 is 0 Å². The van der Waals surface area contributed by atoms with Crippen molar-refractivity contribution in [2.24, 2.45) is 0 Å². The van der Waals surface area contributed by atoms with Crippen molar-refractivity contribution in [1.82, 2.24) is 4.90 Å². The summed E-state index contributed by atoms with van der Waals surface area (Å²) >= 11 is 0. The van der Waals surface area contributed by atoms with Gasteiger partial charge in [-0.2, -0.15) is 0 Å². The predicted octanol–water partition coefficient (Wildman–Crippen LogP) is 3.41. The summed E-state index contributed by atoms with van der Waals surface area (Å²) in [5.74, 6) is 0.277. The van der Waals surface area contributed by atoms with E-state index in [9.17, 15) is 4.79 Å². The highest BCUT2D eigenvalue weighted by molar-refractivity contribution is 6.74. The molecule has 1 heterocycles. The molecule has 18 heavy (non-hydrogen) atoms. The third kappa shape index (κ3) is 3.57. The van der Waals surface area contributed by atoms with E-state index in [0.717, 1.165) is 12.8 Å². The largest absolute Gasteiger partial charge is 0.414 e. The van der Waals surface area contributed by atoms with Crippen LogP contribution >= 0.6 is 0 Å². The summed E-state index contributed by atoms with van der Waals surface area (Å²) in [6.45, 7) is 13.5. The van der Waals surface area contributed by atoms with Crippen LogP contribution in [0.1, 0.15) is 47.0 Å². The number of rotatable bonds is 4. The molecule has 0 radical (unpaired) electrons. The lowest BCUT2D eigenvalue weighted by Crippen LogP contribution is -2.44. The minimum Gasteiger partial charge on any atom is -0.414 e. The van der Waals surface area contributed by atoms with E-state index < -0.39 is 8.32 Å². The molecule has 1 aliphatic rings. The van der Waals surface area contributed by atoms with E-state index in [4.69, 9.17) is 4.43 Å². The van der Waals surface area contributed by atoms with E-state index in [1.807, 2.05) is 11.9 Å². The molecule has 0 aliphatic carbocycles. The van der Waals surface area contributed by atoms with Gasteiger partial charge in [-0.25, -0.2) is 0 Å². The lowest BCUT2D eigenvalue weighted by molar-refractivity contribution is -0.127. The number of hydrogen-bond donors (Lipinski definition) is 0. The number of amides is 1. The third-order valence-corrected chi connectivity index (χ3v) is 9.14. The molecule has 1 rings (SSSR count). The normalized spacial score (nSPS) is 23.6. The van der Waals surface area contributed by atoms with Crippen LogP contribution in [0.25, 0.3) is 0 Å². The summed E-state index contributed by atoms with van der Waals surface area (Å²) in [5, 5.41) is 0.249. The molecule has 2 atom stereocenters. The Balaban J connectivity index is 2.52. The molecule has 1 amide bonds. The van der Waals surface area contributed by atoms with Crippen molar-refractivity contribution in [2.75, 3.05) is 7.05 Å².